The van der Waals surface area contributed by atoms with Crippen LogP contribution in [0.4, 0.5) is 5.82 Å². The van der Waals surface area contributed by atoms with Crippen molar-refractivity contribution in [2.45, 2.75) is 6.42 Å². The molecule has 0 unspecified atom stereocenters. The van der Waals surface area contributed by atoms with E-state index in [4.69, 9.17) is 11.1 Å². The van der Waals surface area contributed by atoms with Gasteiger partial charge in [-0.15, -0.1) is 0 Å². The molecule has 1 aromatic heterocycles. The van der Waals surface area contributed by atoms with E-state index in [1.807, 2.05) is 55.6 Å². The lowest BCUT2D eigenvalue weighted by Crippen LogP contribution is -2.10. The van der Waals surface area contributed by atoms with Crippen LogP contribution >= 0.6 is 0 Å². The van der Waals surface area contributed by atoms with Crippen molar-refractivity contribution in [1.82, 2.24) is 9.97 Å². The Morgan fingerprint density at radius 3 is 2.50 bits per heavy atom. The molecular formula is C17H17N5. The minimum atomic E-state index is 0.0750. The van der Waals surface area contributed by atoms with E-state index in [0.29, 0.717) is 6.42 Å². The Morgan fingerprint density at radius 2 is 1.82 bits per heavy atom. The van der Waals surface area contributed by atoms with E-state index in [0.717, 1.165) is 33.7 Å². The summed E-state index contributed by atoms with van der Waals surface area (Å²) in [4.78, 5) is 9.20. The third-order valence-electron chi connectivity index (χ3n) is 3.51. The third-order valence-corrected chi connectivity index (χ3v) is 3.51. The van der Waals surface area contributed by atoms with E-state index in [-0.39, 0.29) is 5.84 Å². The van der Waals surface area contributed by atoms with E-state index in [1.54, 1.807) is 0 Å². The number of nitrogens with zero attached hydrogens (tertiary/aromatic N) is 2. The molecule has 0 saturated heterocycles. The Bertz CT molecular complexity index is 824. The Kier molecular flexibility index (Phi) is 3.70. The standard InChI is InChI=1S/C17H17N5/c1-20-17-13-4-2-3-5-14(13)21-15(22-17)10-11-6-8-12(9-7-11)16(18)19/h2-9H,10H2,1H3,(H3,18,19)(H,20,21,22). The van der Waals surface area contributed by atoms with Gasteiger partial charge in [-0.3, -0.25) is 5.41 Å². The van der Waals surface area contributed by atoms with Gasteiger partial charge in [-0.2, -0.15) is 0 Å². The molecule has 110 valence electrons. The van der Waals surface area contributed by atoms with Crippen LogP contribution in [0, 0.1) is 5.41 Å². The van der Waals surface area contributed by atoms with Gasteiger partial charge in [0.15, 0.2) is 0 Å². The van der Waals surface area contributed by atoms with Crippen molar-refractivity contribution in [3.8, 4) is 0 Å². The summed E-state index contributed by atoms with van der Waals surface area (Å²) in [6, 6.07) is 15.5. The molecule has 0 spiro atoms. The van der Waals surface area contributed by atoms with Crippen molar-refractivity contribution < 1.29 is 0 Å². The summed E-state index contributed by atoms with van der Waals surface area (Å²) in [5.41, 5.74) is 8.20. The molecule has 0 saturated carbocycles. The summed E-state index contributed by atoms with van der Waals surface area (Å²) >= 11 is 0. The lowest BCUT2D eigenvalue weighted by Gasteiger charge is -2.08. The molecule has 2 aromatic carbocycles. The van der Waals surface area contributed by atoms with Gasteiger partial charge in [0.2, 0.25) is 0 Å². The second-order valence-electron chi connectivity index (χ2n) is 5.04. The number of fused-ring (bicyclic) bond motifs is 1. The zero-order valence-electron chi connectivity index (χ0n) is 12.3. The summed E-state index contributed by atoms with van der Waals surface area (Å²) in [6.45, 7) is 0. The van der Waals surface area contributed by atoms with Crippen LogP contribution in [-0.2, 0) is 6.42 Å². The van der Waals surface area contributed by atoms with Gasteiger partial charge in [0.25, 0.3) is 0 Å². The Morgan fingerprint density at radius 1 is 1.09 bits per heavy atom. The number of nitrogens with two attached hydrogens (primary N) is 1. The summed E-state index contributed by atoms with van der Waals surface area (Å²) < 4.78 is 0. The number of aromatic nitrogens is 2. The maximum atomic E-state index is 7.42. The molecule has 4 N–H and O–H groups in total. The number of nitrogen functional groups attached to an aromatic ring is 1. The number of hydrogen-bond acceptors (Lipinski definition) is 4. The van der Waals surface area contributed by atoms with Crippen LogP contribution in [0.15, 0.2) is 48.5 Å². The highest BCUT2D eigenvalue weighted by atomic mass is 15.0. The minimum Gasteiger partial charge on any atom is -0.384 e. The highest BCUT2D eigenvalue weighted by molar-refractivity contribution is 5.94. The van der Waals surface area contributed by atoms with Crippen molar-refractivity contribution in [3.63, 3.8) is 0 Å². The van der Waals surface area contributed by atoms with Crippen molar-refractivity contribution in [2.75, 3.05) is 12.4 Å². The molecule has 5 nitrogen and oxygen atoms in total. The second kappa shape index (κ2) is 5.81. The fourth-order valence-corrected chi connectivity index (χ4v) is 2.38. The van der Waals surface area contributed by atoms with Crippen LogP contribution in [-0.4, -0.2) is 22.9 Å². The number of nitrogens with one attached hydrogen (secondary N) is 2. The first-order valence-electron chi connectivity index (χ1n) is 7.04. The van der Waals surface area contributed by atoms with Crippen molar-refractivity contribution in [2.24, 2.45) is 5.73 Å². The maximum absolute atomic E-state index is 7.42. The van der Waals surface area contributed by atoms with Gasteiger partial charge >= 0.3 is 0 Å². The SMILES string of the molecule is CNc1nc(Cc2ccc(C(=N)N)cc2)nc2ccccc12. The average molecular weight is 291 g/mol. The lowest BCUT2D eigenvalue weighted by molar-refractivity contribution is 0.993. The molecule has 3 aromatic rings. The molecule has 22 heavy (non-hydrogen) atoms. The molecular weight excluding hydrogens is 274 g/mol. The normalized spacial score (nSPS) is 10.6. The summed E-state index contributed by atoms with van der Waals surface area (Å²) in [5.74, 6) is 1.67. The van der Waals surface area contributed by atoms with Gasteiger partial charge in [0.05, 0.1) is 5.52 Å². The van der Waals surface area contributed by atoms with Crippen molar-refractivity contribution in [3.05, 3.63) is 65.5 Å². The molecule has 3 rings (SSSR count). The van der Waals surface area contributed by atoms with Gasteiger partial charge in [-0.05, 0) is 17.7 Å². The average Bonchev–Trinajstić information content (AvgIpc) is 2.54. The molecule has 5 heteroatoms. The van der Waals surface area contributed by atoms with Gasteiger partial charge in [-0.25, -0.2) is 9.97 Å². The van der Waals surface area contributed by atoms with E-state index >= 15 is 0 Å². The number of anilines is 1. The number of benzene rings is 2. The zero-order valence-corrected chi connectivity index (χ0v) is 12.3. The largest absolute Gasteiger partial charge is 0.384 e. The molecule has 1 heterocycles. The third kappa shape index (κ3) is 2.74. The smallest absolute Gasteiger partial charge is 0.137 e. The van der Waals surface area contributed by atoms with Crippen molar-refractivity contribution >= 4 is 22.6 Å². The number of hydrogen-bond donors (Lipinski definition) is 3. The van der Waals surface area contributed by atoms with Gasteiger partial charge in [-0.1, -0.05) is 36.4 Å². The Balaban J connectivity index is 1.95. The van der Waals surface area contributed by atoms with Gasteiger partial charge < -0.3 is 11.1 Å². The van der Waals surface area contributed by atoms with E-state index in [2.05, 4.69) is 15.3 Å². The second-order valence-corrected chi connectivity index (χ2v) is 5.04. The minimum absolute atomic E-state index is 0.0750. The van der Waals surface area contributed by atoms with Crippen LogP contribution in [0.2, 0.25) is 0 Å². The molecule has 0 aliphatic heterocycles. The highest BCUT2D eigenvalue weighted by Gasteiger charge is 2.07. The monoisotopic (exact) mass is 291 g/mol. The number of rotatable bonds is 4. The molecule has 0 atom stereocenters. The molecule has 0 bridgehead atoms. The number of para-hydroxylation sites is 1. The van der Waals surface area contributed by atoms with Gasteiger partial charge in [0.1, 0.15) is 17.5 Å². The van der Waals surface area contributed by atoms with Crippen LogP contribution in [0.5, 0.6) is 0 Å². The van der Waals surface area contributed by atoms with E-state index in [9.17, 15) is 0 Å². The Hall–Kier alpha value is -2.95. The molecule has 0 radical (unpaired) electrons. The van der Waals surface area contributed by atoms with Crippen molar-refractivity contribution in [1.29, 1.82) is 5.41 Å². The van der Waals surface area contributed by atoms with Crippen LogP contribution < -0.4 is 11.1 Å². The topological polar surface area (TPSA) is 87.7 Å². The van der Waals surface area contributed by atoms with Gasteiger partial charge in [0, 0.05) is 24.4 Å². The lowest BCUT2D eigenvalue weighted by atomic mass is 10.1. The first-order chi connectivity index (χ1) is 10.7. The molecule has 0 amide bonds. The summed E-state index contributed by atoms with van der Waals surface area (Å²) in [7, 11) is 1.86. The van der Waals surface area contributed by atoms with E-state index < -0.39 is 0 Å². The van der Waals surface area contributed by atoms with Crippen LogP contribution in [0.25, 0.3) is 10.9 Å². The van der Waals surface area contributed by atoms with Crippen LogP contribution in [0.3, 0.4) is 0 Å². The summed E-state index contributed by atoms with van der Waals surface area (Å²) in [6.07, 6.45) is 0.637. The molecule has 0 fully saturated rings. The Labute approximate surface area is 128 Å². The maximum Gasteiger partial charge on any atom is 0.137 e. The fourth-order valence-electron chi connectivity index (χ4n) is 2.38. The predicted molar refractivity (Wildman–Crippen MR) is 89.3 cm³/mol. The molecule has 0 aliphatic carbocycles. The summed E-state index contributed by atoms with van der Waals surface area (Å²) in [5, 5.41) is 11.6. The van der Waals surface area contributed by atoms with E-state index in [1.165, 1.54) is 0 Å². The molecule has 0 aliphatic rings. The highest BCUT2D eigenvalue weighted by Crippen LogP contribution is 2.20. The number of amidine groups is 1. The first kappa shape index (κ1) is 14.0. The van der Waals surface area contributed by atoms with Crippen LogP contribution in [0.1, 0.15) is 17.0 Å². The predicted octanol–water partition coefficient (Wildman–Crippen LogP) is 2.55. The first-order valence-corrected chi connectivity index (χ1v) is 7.04. The quantitative estimate of drug-likeness (QED) is 0.509. The fraction of sp³-hybridized carbons (Fsp3) is 0.118. The zero-order chi connectivity index (χ0) is 15.5.